The molecule has 0 aromatic heterocycles. The average molecular weight is 376 g/mol. The summed E-state index contributed by atoms with van der Waals surface area (Å²) in [6, 6.07) is 13.0. The van der Waals surface area contributed by atoms with Crippen LogP contribution in [0.3, 0.4) is 0 Å². The minimum atomic E-state index is -3.09. The molecule has 0 aliphatic carbocycles. The molecule has 1 amide bonds. The van der Waals surface area contributed by atoms with E-state index in [-0.39, 0.29) is 12.4 Å². The molecule has 2 aromatic rings. The Morgan fingerprint density at radius 1 is 1.15 bits per heavy atom. The average Bonchev–Trinajstić information content (AvgIpc) is 2.99. The van der Waals surface area contributed by atoms with Gasteiger partial charge in [0.15, 0.2) is 6.10 Å². The number of fused-ring (bicyclic) bond motifs is 1. The van der Waals surface area contributed by atoms with Crippen LogP contribution in [0.5, 0.6) is 0 Å². The Morgan fingerprint density at radius 3 is 2.59 bits per heavy atom. The smallest absolute Gasteiger partial charge is 0.411 e. The molecule has 1 fully saturated rings. The summed E-state index contributed by atoms with van der Waals surface area (Å²) in [6.45, 7) is -0.247. The van der Waals surface area contributed by atoms with Crippen molar-refractivity contribution < 1.29 is 22.7 Å². The number of rotatable bonds is 2. The summed E-state index contributed by atoms with van der Waals surface area (Å²) in [5, 5.41) is 2.55. The Bertz CT molecular complexity index is 841. The predicted molar refractivity (Wildman–Crippen MR) is 93.2 cm³/mol. The molecule has 2 heterocycles. The van der Waals surface area contributed by atoms with Gasteiger partial charge in [0, 0.05) is 13.1 Å². The Morgan fingerprint density at radius 2 is 1.89 bits per heavy atom. The van der Waals surface area contributed by atoms with E-state index in [0.717, 1.165) is 11.1 Å². The number of ether oxygens (including phenoxy) is 1. The maximum absolute atomic E-state index is 13.8. The first-order valence-corrected chi connectivity index (χ1v) is 8.85. The van der Waals surface area contributed by atoms with Gasteiger partial charge in [-0.1, -0.05) is 36.4 Å². The first-order chi connectivity index (χ1) is 13.0. The number of carbonyl (C=O) groups is 1. The molecule has 1 N–H and O–H groups in total. The number of nitrogens with one attached hydrogen (secondary N) is 1. The quantitative estimate of drug-likeness (QED) is 0.872. The van der Waals surface area contributed by atoms with Crippen LogP contribution in [0.1, 0.15) is 22.7 Å². The molecule has 0 saturated carbocycles. The van der Waals surface area contributed by atoms with E-state index >= 15 is 0 Å². The molecule has 2 aliphatic heterocycles. The van der Waals surface area contributed by atoms with E-state index in [4.69, 9.17) is 4.74 Å². The van der Waals surface area contributed by atoms with Gasteiger partial charge in [0.2, 0.25) is 0 Å². The van der Waals surface area contributed by atoms with Crippen molar-refractivity contribution in [1.29, 1.82) is 0 Å². The van der Waals surface area contributed by atoms with Crippen LogP contribution in [0.4, 0.5) is 18.0 Å². The van der Waals surface area contributed by atoms with Crippen molar-refractivity contribution in [2.45, 2.75) is 24.5 Å². The van der Waals surface area contributed by atoms with Gasteiger partial charge in [-0.15, -0.1) is 0 Å². The van der Waals surface area contributed by atoms with Crippen LogP contribution in [0.25, 0.3) is 0 Å². The van der Waals surface area contributed by atoms with Gasteiger partial charge in [0.25, 0.3) is 5.92 Å². The second-order valence-corrected chi connectivity index (χ2v) is 6.86. The Hall–Kier alpha value is -2.54. The zero-order valence-electron chi connectivity index (χ0n) is 14.5. The lowest BCUT2D eigenvalue weighted by atomic mass is 9.88. The Kier molecular flexibility index (Phi) is 4.55. The highest BCUT2D eigenvalue weighted by Crippen LogP contribution is 2.36. The fraction of sp³-hybridized carbons (Fsp3) is 0.350. The van der Waals surface area contributed by atoms with Gasteiger partial charge in [-0.25, -0.2) is 18.0 Å². The Balaban J connectivity index is 1.66. The van der Waals surface area contributed by atoms with E-state index in [9.17, 15) is 18.0 Å². The zero-order chi connectivity index (χ0) is 19.0. The SMILES string of the molecule is O=C(O[C@H]1CNCC1(F)F)N1CCc2ccccc2[C@@H]1c1ccc(F)cc1. The van der Waals surface area contributed by atoms with Gasteiger partial charge in [0.05, 0.1) is 12.6 Å². The van der Waals surface area contributed by atoms with Gasteiger partial charge in [0.1, 0.15) is 5.82 Å². The fourth-order valence-corrected chi connectivity index (χ4v) is 3.72. The van der Waals surface area contributed by atoms with Gasteiger partial charge >= 0.3 is 6.09 Å². The number of amides is 1. The van der Waals surface area contributed by atoms with Crippen LogP contribution in [0.2, 0.25) is 0 Å². The molecule has 27 heavy (non-hydrogen) atoms. The number of alkyl halides is 2. The van der Waals surface area contributed by atoms with Crippen molar-refractivity contribution in [2.24, 2.45) is 0 Å². The maximum atomic E-state index is 13.8. The van der Waals surface area contributed by atoms with Gasteiger partial charge in [-0.3, -0.25) is 4.90 Å². The molecule has 142 valence electrons. The fourth-order valence-electron chi connectivity index (χ4n) is 3.72. The number of nitrogens with zero attached hydrogens (tertiary/aromatic N) is 1. The Labute approximate surface area is 154 Å². The monoisotopic (exact) mass is 376 g/mol. The topological polar surface area (TPSA) is 41.6 Å². The molecule has 2 aromatic carbocycles. The van der Waals surface area contributed by atoms with Crippen LogP contribution in [0.15, 0.2) is 48.5 Å². The largest absolute Gasteiger partial charge is 0.438 e. The molecule has 0 radical (unpaired) electrons. The summed E-state index contributed by atoms with van der Waals surface area (Å²) in [7, 11) is 0. The van der Waals surface area contributed by atoms with Crippen molar-refractivity contribution in [2.75, 3.05) is 19.6 Å². The molecule has 0 bridgehead atoms. The zero-order valence-corrected chi connectivity index (χ0v) is 14.5. The minimum absolute atomic E-state index is 0.0790. The lowest BCUT2D eigenvalue weighted by Gasteiger charge is -2.37. The number of halogens is 3. The van der Waals surface area contributed by atoms with Crippen molar-refractivity contribution in [3.8, 4) is 0 Å². The molecule has 7 heteroatoms. The van der Waals surface area contributed by atoms with Crippen molar-refractivity contribution >= 4 is 6.09 Å². The first kappa shape index (κ1) is 17.9. The van der Waals surface area contributed by atoms with Crippen molar-refractivity contribution in [3.05, 3.63) is 71.0 Å². The maximum Gasteiger partial charge on any atom is 0.411 e. The minimum Gasteiger partial charge on any atom is -0.438 e. The summed E-state index contributed by atoms with van der Waals surface area (Å²) in [4.78, 5) is 14.2. The predicted octanol–water partition coefficient (Wildman–Crippen LogP) is 3.52. The van der Waals surface area contributed by atoms with E-state index in [1.165, 1.54) is 17.0 Å². The van der Waals surface area contributed by atoms with Crippen LogP contribution < -0.4 is 5.32 Å². The summed E-state index contributed by atoms with van der Waals surface area (Å²) in [5.41, 5.74) is 2.67. The summed E-state index contributed by atoms with van der Waals surface area (Å²) >= 11 is 0. The molecule has 1 saturated heterocycles. The number of carbonyl (C=O) groups excluding carboxylic acids is 1. The van der Waals surface area contributed by atoms with Crippen LogP contribution in [-0.4, -0.2) is 42.7 Å². The third-order valence-corrected chi connectivity index (χ3v) is 5.11. The van der Waals surface area contributed by atoms with Crippen molar-refractivity contribution in [3.63, 3.8) is 0 Å². The third-order valence-electron chi connectivity index (χ3n) is 5.11. The summed E-state index contributed by atoms with van der Waals surface area (Å²) < 4.78 is 46.2. The second-order valence-electron chi connectivity index (χ2n) is 6.86. The van der Waals surface area contributed by atoms with Crippen LogP contribution >= 0.6 is 0 Å². The summed E-state index contributed by atoms with van der Waals surface area (Å²) in [6.07, 6.45) is -1.68. The standard InChI is InChI=1S/C20H19F3N2O2/c21-15-7-5-14(6-8-15)18-16-4-2-1-3-13(16)9-10-25(18)19(26)27-17-11-24-12-20(17,22)23/h1-8,17-18,24H,9-12H2/t17-,18-/m0/s1. The van der Waals surface area contributed by atoms with E-state index in [1.54, 1.807) is 12.1 Å². The lowest BCUT2D eigenvalue weighted by Crippen LogP contribution is -2.45. The van der Waals surface area contributed by atoms with Gasteiger partial charge in [-0.05, 0) is 35.2 Å². The normalized spacial score (nSPS) is 23.7. The number of benzene rings is 2. The first-order valence-electron chi connectivity index (χ1n) is 8.85. The molecule has 2 atom stereocenters. The molecular weight excluding hydrogens is 357 g/mol. The van der Waals surface area contributed by atoms with Crippen LogP contribution in [-0.2, 0) is 11.2 Å². The molecular formula is C20H19F3N2O2. The number of hydrogen-bond donors (Lipinski definition) is 1. The molecule has 4 nitrogen and oxygen atoms in total. The molecule has 0 unspecified atom stereocenters. The third kappa shape index (κ3) is 3.39. The molecule has 2 aliphatic rings. The molecule has 0 spiro atoms. The molecule has 4 rings (SSSR count). The van der Waals surface area contributed by atoms with Gasteiger partial charge in [-0.2, -0.15) is 0 Å². The van der Waals surface area contributed by atoms with E-state index in [0.29, 0.717) is 18.5 Å². The highest BCUT2D eigenvalue weighted by molar-refractivity contribution is 5.70. The second kappa shape index (κ2) is 6.88. The van der Waals surface area contributed by atoms with Gasteiger partial charge < -0.3 is 10.1 Å². The highest BCUT2D eigenvalue weighted by atomic mass is 19.3. The van der Waals surface area contributed by atoms with E-state index in [1.807, 2.05) is 24.3 Å². The summed E-state index contributed by atoms with van der Waals surface area (Å²) in [5.74, 6) is -3.47. The lowest BCUT2D eigenvalue weighted by molar-refractivity contribution is -0.0844. The van der Waals surface area contributed by atoms with E-state index < -0.39 is 30.7 Å². The highest BCUT2D eigenvalue weighted by Gasteiger charge is 2.48. The van der Waals surface area contributed by atoms with Crippen LogP contribution in [0, 0.1) is 5.82 Å². The number of hydrogen-bond acceptors (Lipinski definition) is 3. The van der Waals surface area contributed by atoms with E-state index in [2.05, 4.69) is 5.32 Å². The van der Waals surface area contributed by atoms with Crippen molar-refractivity contribution in [1.82, 2.24) is 10.2 Å².